The summed E-state index contributed by atoms with van der Waals surface area (Å²) in [4.78, 5) is 26.8. The van der Waals surface area contributed by atoms with E-state index >= 15 is 0 Å². The van der Waals surface area contributed by atoms with Gasteiger partial charge in [-0.25, -0.2) is 8.78 Å². The number of aryl methyl sites for hydroxylation is 1. The SMILES string of the molecule is Cc1cccc(-c2cccc(N(CC(=O)OC(C)(C)C)C(=O)c3c(F)cccc3F)c2)c1. The van der Waals surface area contributed by atoms with Crippen molar-refractivity contribution in [2.24, 2.45) is 0 Å². The molecule has 0 aromatic heterocycles. The molecule has 6 heteroatoms. The molecule has 1 amide bonds. The second kappa shape index (κ2) is 9.30. The number of benzene rings is 3. The fourth-order valence-corrected chi connectivity index (χ4v) is 3.30. The van der Waals surface area contributed by atoms with Crippen molar-refractivity contribution in [1.82, 2.24) is 0 Å². The molecule has 3 aromatic carbocycles. The highest BCUT2D eigenvalue weighted by Crippen LogP contribution is 2.27. The molecule has 0 aliphatic heterocycles. The monoisotopic (exact) mass is 437 g/mol. The molecule has 0 N–H and O–H groups in total. The Balaban J connectivity index is 2.05. The highest BCUT2D eigenvalue weighted by Gasteiger charge is 2.28. The summed E-state index contributed by atoms with van der Waals surface area (Å²) in [6, 6.07) is 17.9. The van der Waals surface area contributed by atoms with Crippen molar-refractivity contribution in [2.45, 2.75) is 33.3 Å². The van der Waals surface area contributed by atoms with E-state index in [4.69, 9.17) is 4.74 Å². The summed E-state index contributed by atoms with van der Waals surface area (Å²) in [6.45, 7) is 6.57. The largest absolute Gasteiger partial charge is 0.459 e. The minimum absolute atomic E-state index is 0.322. The minimum Gasteiger partial charge on any atom is -0.459 e. The number of rotatable bonds is 5. The first-order chi connectivity index (χ1) is 15.0. The van der Waals surface area contributed by atoms with Crippen LogP contribution in [0.15, 0.2) is 66.7 Å². The number of anilines is 1. The molecule has 0 spiro atoms. The van der Waals surface area contributed by atoms with Gasteiger partial charge in [-0.3, -0.25) is 14.5 Å². The Morgan fingerprint density at radius 3 is 2.03 bits per heavy atom. The molecular formula is C26H25F2NO3. The van der Waals surface area contributed by atoms with Gasteiger partial charge in [0.1, 0.15) is 29.3 Å². The van der Waals surface area contributed by atoms with Crippen LogP contribution in [-0.4, -0.2) is 24.0 Å². The molecule has 0 atom stereocenters. The van der Waals surface area contributed by atoms with Gasteiger partial charge in [0, 0.05) is 5.69 Å². The number of carbonyl (C=O) groups is 2. The number of halogens is 2. The number of hydrogen-bond donors (Lipinski definition) is 0. The van der Waals surface area contributed by atoms with Crippen molar-refractivity contribution in [3.8, 4) is 11.1 Å². The van der Waals surface area contributed by atoms with Crippen molar-refractivity contribution >= 4 is 17.6 Å². The van der Waals surface area contributed by atoms with E-state index in [1.54, 1.807) is 39.0 Å². The van der Waals surface area contributed by atoms with Crippen LogP contribution in [0, 0.1) is 18.6 Å². The van der Waals surface area contributed by atoms with E-state index in [2.05, 4.69) is 0 Å². The van der Waals surface area contributed by atoms with Crippen LogP contribution in [0.2, 0.25) is 0 Å². The van der Waals surface area contributed by atoms with Gasteiger partial charge < -0.3 is 4.74 Å². The Morgan fingerprint density at radius 2 is 1.44 bits per heavy atom. The molecule has 4 nitrogen and oxygen atoms in total. The first-order valence-corrected chi connectivity index (χ1v) is 10.2. The van der Waals surface area contributed by atoms with E-state index in [0.29, 0.717) is 5.69 Å². The molecule has 0 fully saturated rings. The minimum atomic E-state index is -1.00. The van der Waals surface area contributed by atoms with Gasteiger partial charge in [0.2, 0.25) is 0 Å². The van der Waals surface area contributed by atoms with E-state index < -0.39 is 41.2 Å². The van der Waals surface area contributed by atoms with Gasteiger partial charge in [0.25, 0.3) is 5.91 Å². The molecule has 3 aromatic rings. The number of ether oxygens (including phenoxy) is 1. The molecule has 0 aliphatic carbocycles. The number of hydrogen-bond acceptors (Lipinski definition) is 3. The lowest BCUT2D eigenvalue weighted by Gasteiger charge is -2.26. The third-order valence-corrected chi connectivity index (χ3v) is 4.64. The summed E-state index contributed by atoms with van der Waals surface area (Å²) < 4.78 is 34.1. The standard InChI is InChI=1S/C26H25F2NO3/c1-17-8-5-9-18(14-17)19-10-6-11-20(15-19)29(16-23(30)32-26(2,3)4)25(31)24-21(27)12-7-13-22(24)28/h5-15H,16H2,1-4H3. The highest BCUT2D eigenvalue weighted by molar-refractivity contribution is 6.09. The first kappa shape index (κ1) is 23.1. The van der Waals surface area contributed by atoms with Gasteiger partial charge in [0.15, 0.2) is 0 Å². The number of esters is 1. The topological polar surface area (TPSA) is 46.6 Å². The molecule has 0 unspecified atom stereocenters. The van der Waals surface area contributed by atoms with Crippen LogP contribution in [0.5, 0.6) is 0 Å². The average Bonchev–Trinajstić information content (AvgIpc) is 2.70. The van der Waals surface area contributed by atoms with E-state index in [1.807, 2.05) is 37.3 Å². The Kier molecular flexibility index (Phi) is 6.72. The van der Waals surface area contributed by atoms with E-state index in [1.165, 1.54) is 6.07 Å². The zero-order valence-electron chi connectivity index (χ0n) is 18.5. The van der Waals surface area contributed by atoms with Crippen molar-refractivity contribution in [3.63, 3.8) is 0 Å². The molecule has 0 heterocycles. The summed E-state index contributed by atoms with van der Waals surface area (Å²) >= 11 is 0. The third kappa shape index (κ3) is 5.58. The summed E-state index contributed by atoms with van der Waals surface area (Å²) in [6.07, 6.45) is 0. The number of amides is 1. The molecule has 32 heavy (non-hydrogen) atoms. The third-order valence-electron chi connectivity index (χ3n) is 4.64. The smallest absolute Gasteiger partial charge is 0.326 e. The van der Waals surface area contributed by atoms with E-state index in [-0.39, 0.29) is 0 Å². The van der Waals surface area contributed by atoms with Gasteiger partial charge in [-0.05, 0) is 63.1 Å². The van der Waals surface area contributed by atoms with Gasteiger partial charge in [-0.2, -0.15) is 0 Å². The maximum absolute atomic E-state index is 14.4. The quantitative estimate of drug-likeness (QED) is 0.465. The van der Waals surface area contributed by atoms with Crippen LogP contribution in [-0.2, 0) is 9.53 Å². The van der Waals surface area contributed by atoms with Gasteiger partial charge in [-0.1, -0.05) is 48.0 Å². The Bertz CT molecular complexity index is 1130. The molecule has 0 saturated carbocycles. The normalized spacial score (nSPS) is 11.2. The highest BCUT2D eigenvalue weighted by atomic mass is 19.1. The zero-order valence-corrected chi connectivity index (χ0v) is 18.5. The van der Waals surface area contributed by atoms with Crippen LogP contribution in [0.4, 0.5) is 14.5 Å². The van der Waals surface area contributed by atoms with Crippen LogP contribution in [0.3, 0.4) is 0 Å². The lowest BCUT2D eigenvalue weighted by Crippen LogP contribution is -2.39. The van der Waals surface area contributed by atoms with E-state index in [9.17, 15) is 18.4 Å². The first-order valence-electron chi connectivity index (χ1n) is 10.2. The Morgan fingerprint density at radius 1 is 0.875 bits per heavy atom. The summed E-state index contributed by atoms with van der Waals surface area (Å²) in [5, 5.41) is 0. The summed E-state index contributed by atoms with van der Waals surface area (Å²) in [5.41, 5.74) is 1.58. The molecule has 0 saturated heterocycles. The van der Waals surface area contributed by atoms with Gasteiger partial charge in [0.05, 0.1) is 0 Å². The molecule has 0 bridgehead atoms. The fraction of sp³-hybridized carbons (Fsp3) is 0.231. The zero-order chi connectivity index (χ0) is 23.5. The van der Waals surface area contributed by atoms with Crippen molar-refractivity contribution in [2.75, 3.05) is 11.4 Å². The summed E-state index contributed by atoms with van der Waals surface area (Å²) in [5.74, 6) is -3.66. The van der Waals surface area contributed by atoms with Crippen molar-refractivity contribution in [1.29, 1.82) is 0 Å². The molecule has 3 rings (SSSR count). The second-order valence-electron chi connectivity index (χ2n) is 8.49. The lowest BCUT2D eigenvalue weighted by molar-refractivity contribution is -0.152. The number of carbonyl (C=O) groups excluding carboxylic acids is 2. The van der Waals surface area contributed by atoms with Crippen LogP contribution < -0.4 is 4.90 Å². The second-order valence-corrected chi connectivity index (χ2v) is 8.49. The van der Waals surface area contributed by atoms with Crippen molar-refractivity contribution in [3.05, 3.63) is 89.5 Å². The molecule has 166 valence electrons. The predicted octanol–water partition coefficient (Wildman–Crippen LogP) is 5.93. The number of nitrogens with zero attached hydrogens (tertiary/aromatic N) is 1. The van der Waals surface area contributed by atoms with E-state index in [0.717, 1.165) is 33.7 Å². The fourth-order valence-electron chi connectivity index (χ4n) is 3.30. The molecule has 0 radical (unpaired) electrons. The summed E-state index contributed by atoms with van der Waals surface area (Å²) in [7, 11) is 0. The van der Waals surface area contributed by atoms with Gasteiger partial charge >= 0.3 is 5.97 Å². The Labute approximate surface area is 186 Å². The van der Waals surface area contributed by atoms with Gasteiger partial charge in [-0.15, -0.1) is 0 Å². The average molecular weight is 437 g/mol. The Hall–Kier alpha value is -3.54. The van der Waals surface area contributed by atoms with Crippen LogP contribution >= 0.6 is 0 Å². The predicted molar refractivity (Wildman–Crippen MR) is 120 cm³/mol. The molecule has 0 aliphatic rings. The lowest BCUT2D eigenvalue weighted by atomic mass is 10.0. The molecular weight excluding hydrogens is 412 g/mol. The van der Waals surface area contributed by atoms with Crippen LogP contribution in [0.25, 0.3) is 11.1 Å². The maximum atomic E-state index is 14.4. The van der Waals surface area contributed by atoms with Crippen molar-refractivity contribution < 1.29 is 23.1 Å². The van der Waals surface area contributed by atoms with Crippen LogP contribution in [0.1, 0.15) is 36.7 Å². The maximum Gasteiger partial charge on any atom is 0.326 e.